The molecule has 22 nitrogen and oxygen atoms in total. The average Bonchev–Trinajstić information content (AvgIpc) is 3.75. The first-order valence-corrected chi connectivity index (χ1v) is 26.2. The van der Waals surface area contributed by atoms with Crippen molar-refractivity contribution in [2.75, 3.05) is 51.8 Å². The monoisotopic (exact) mass is 1050 g/mol. The van der Waals surface area contributed by atoms with E-state index in [9.17, 15) is 42.0 Å². The molecular formula is C51H74N10O12S. The number of carbonyl (C=O) groups excluding carboxylic acids is 6. The summed E-state index contributed by atoms with van der Waals surface area (Å²) >= 11 is 0. The number of benzene rings is 2. The van der Waals surface area contributed by atoms with Gasteiger partial charge in [-0.1, -0.05) is 37.1 Å². The third-order valence-corrected chi connectivity index (χ3v) is 13.2. The normalized spacial score (nSPS) is 12.3. The first-order valence-electron chi connectivity index (χ1n) is 24.7. The fourth-order valence-corrected chi connectivity index (χ4v) is 9.59. The zero-order chi connectivity index (χ0) is 54.6. The molecule has 2 aromatic heterocycles. The number of fused-ring (bicyclic) bond motifs is 1. The van der Waals surface area contributed by atoms with Crippen molar-refractivity contribution in [1.82, 2.24) is 45.4 Å². The maximum absolute atomic E-state index is 13.9. The number of hydrogen-bond acceptors (Lipinski definition) is 14. The van der Waals surface area contributed by atoms with Crippen LogP contribution in [0.5, 0.6) is 0 Å². The van der Waals surface area contributed by atoms with E-state index in [-0.39, 0.29) is 59.5 Å². The number of carbonyl (C=O) groups is 6. The standard InChI is InChI=1S/C51H74N10O12S/c1-10-14-39(58-50(68)73-51(5,6)7)47(66)54-21-13-26-72-25-12-20-53-43(63)18-17-42(62)52-19-11-23-61-32-38(44(64)37-16-15-36(29-41(37)61)30-57-49-55-22-24-60(49)8)46(65)56-31-40(48(67)71-9)59-74(69,70)45-34(3)27-33(2)28-35(45)4/h15-16,22,24,27-29,32,39-40,59H,10-14,17-21,23,25-26,30-31H2,1-9H3,(H,52,62)(H,53,63)(H,54,66)(H,55,57)(H,56,65)(H,58,68). The Balaban J connectivity index is 1.28. The van der Waals surface area contributed by atoms with Crippen molar-refractivity contribution in [1.29, 1.82) is 0 Å². The fourth-order valence-electron chi connectivity index (χ4n) is 7.95. The molecule has 0 radical (unpaired) electrons. The van der Waals surface area contributed by atoms with E-state index >= 15 is 0 Å². The molecule has 4 rings (SSSR count). The molecule has 0 aliphatic heterocycles. The summed E-state index contributed by atoms with van der Waals surface area (Å²) in [6.45, 7) is 14.0. The predicted molar refractivity (Wildman–Crippen MR) is 279 cm³/mol. The number of nitrogens with zero attached hydrogens (tertiary/aromatic N) is 3. The Morgan fingerprint density at radius 2 is 1.47 bits per heavy atom. The second-order valence-corrected chi connectivity index (χ2v) is 20.6. The molecule has 74 heavy (non-hydrogen) atoms. The zero-order valence-corrected chi connectivity index (χ0v) is 44.8. The van der Waals surface area contributed by atoms with Gasteiger partial charge >= 0.3 is 12.1 Å². The molecule has 5 amide bonds. The van der Waals surface area contributed by atoms with E-state index in [4.69, 9.17) is 14.2 Å². The molecule has 0 spiro atoms. The third kappa shape index (κ3) is 18.9. The number of anilines is 1. The van der Waals surface area contributed by atoms with Gasteiger partial charge in [0, 0.05) is 96.3 Å². The van der Waals surface area contributed by atoms with Crippen LogP contribution in [0.15, 0.2) is 58.6 Å². The summed E-state index contributed by atoms with van der Waals surface area (Å²) in [4.78, 5) is 94.9. The molecule has 2 unspecified atom stereocenters. The third-order valence-electron chi connectivity index (χ3n) is 11.4. The quantitative estimate of drug-likeness (QED) is 0.0303. The maximum atomic E-state index is 13.9. The highest BCUT2D eigenvalue weighted by Gasteiger charge is 2.30. The number of sulfonamides is 1. The lowest BCUT2D eigenvalue weighted by atomic mass is 10.1. The summed E-state index contributed by atoms with van der Waals surface area (Å²) in [5, 5.41) is 17.1. The van der Waals surface area contributed by atoms with Gasteiger partial charge < -0.3 is 55.2 Å². The largest absolute Gasteiger partial charge is 0.468 e. The van der Waals surface area contributed by atoms with Gasteiger partial charge in [0.15, 0.2) is 0 Å². The van der Waals surface area contributed by atoms with Crippen molar-refractivity contribution in [2.24, 2.45) is 7.05 Å². The number of amides is 5. The Kier molecular flexibility index (Phi) is 23.0. The lowest BCUT2D eigenvalue weighted by Crippen LogP contribution is -2.49. The van der Waals surface area contributed by atoms with Gasteiger partial charge in [-0.2, -0.15) is 4.72 Å². The Morgan fingerprint density at radius 1 is 0.838 bits per heavy atom. The molecular weight excluding hydrogens is 977 g/mol. The van der Waals surface area contributed by atoms with Gasteiger partial charge in [-0.05, 0) is 96.0 Å². The van der Waals surface area contributed by atoms with Crippen molar-refractivity contribution in [2.45, 2.75) is 129 Å². The molecule has 0 saturated heterocycles. The lowest BCUT2D eigenvalue weighted by Gasteiger charge is -2.23. The minimum atomic E-state index is -4.27. The van der Waals surface area contributed by atoms with Crippen LogP contribution in [-0.2, 0) is 63.5 Å². The van der Waals surface area contributed by atoms with Crippen LogP contribution in [0.4, 0.5) is 10.7 Å². The summed E-state index contributed by atoms with van der Waals surface area (Å²) in [5.41, 5.74) is 1.58. The molecule has 23 heteroatoms. The number of nitrogens with one attached hydrogen (secondary N) is 7. The molecule has 2 heterocycles. The lowest BCUT2D eigenvalue weighted by molar-refractivity contribution is -0.142. The smallest absolute Gasteiger partial charge is 0.408 e. The zero-order valence-electron chi connectivity index (χ0n) is 44.0. The molecule has 7 N–H and O–H groups in total. The SMILES string of the molecule is CCCC(NC(=O)OC(C)(C)C)C(=O)NCCCOCCCNC(=O)CCC(=O)NCCCn1cc(C(=O)NCC(NS(=O)(=O)c2c(C)cc(C)cc2C)C(=O)OC)c(=O)c2ccc(CNc3nccn3C)cc21. The van der Waals surface area contributed by atoms with Gasteiger partial charge in [0.2, 0.25) is 39.1 Å². The fraction of sp³-hybridized carbons (Fsp3) is 0.529. The van der Waals surface area contributed by atoms with Crippen LogP contribution >= 0.6 is 0 Å². The first-order chi connectivity index (χ1) is 35.0. The van der Waals surface area contributed by atoms with Gasteiger partial charge in [-0.15, -0.1) is 0 Å². The summed E-state index contributed by atoms with van der Waals surface area (Å²) in [5.74, 6) is -2.11. The molecule has 0 bridgehead atoms. The van der Waals surface area contributed by atoms with Gasteiger partial charge in [0.25, 0.3) is 5.91 Å². The van der Waals surface area contributed by atoms with E-state index in [1.807, 2.05) is 31.5 Å². The highest BCUT2D eigenvalue weighted by molar-refractivity contribution is 7.89. The van der Waals surface area contributed by atoms with Crippen molar-refractivity contribution < 1.29 is 51.4 Å². The predicted octanol–water partition coefficient (Wildman–Crippen LogP) is 3.53. The number of pyridine rings is 1. The minimum Gasteiger partial charge on any atom is -0.468 e. The van der Waals surface area contributed by atoms with Crippen LogP contribution in [0, 0.1) is 20.8 Å². The number of aromatic nitrogens is 3. The van der Waals surface area contributed by atoms with Gasteiger partial charge in [0.05, 0.1) is 17.5 Å². The average molecular weight is 1050 g/mol. The Bertz CT molecular complexity index is 2750. The number of ether oxygens (including phenoxy) is 3. The summed E-state index contributed by atoms with van der Waals surface area (Å²) in [7, 11) is -1.33. The van der Waals surface area contributed by atoms with Crippen LogP contribution in [0.1, 0.15) is 105 Å². The van der Waals surface area contributed by atoms with Crippen LogP contribution in [0.25, 0.3) is 10.9 Å². The molecule has 0 saturated carbocycles. The second-order valence-electron chi connectivity index (χ2n) is 18.9. The van der Waals surface area contributed by atoms with Gasteiger partial charge in [-0.25, -0.2) is 18.2 Å². The molecule has 4 aromatic rings. The maximum Gasteiger partial charge on any atom is 0.408 e. The summed E-state index contributed by atoms with van der Waals surface area (Å²) < 4.78 is 48.8. The van der Waals surface area contributed by atoms with E-state index < -0.39 is 57.7 Å². The van der Waals surface area contributed by atoms with Crippen LogP contribution in [0.2, 0.25) is 0 Å². The van der Waals surface area contributed by atoms with Gasteiger partial charge in [0.1, 0.15) is 23.2 Å². The van der Waals surface area contributed by atoms with E-state index in [1.165, 1.54) is 6.20 Å². The summed E-state index contributed by atoms with van der Waals surface area (Å²) in [6.07, 6.45) is 6.74. The molecule has 406 valence electrons. The number of aryl methyl sites for hydroxylation is 5. The minimum absolute atomic E-state index is 0.00423. The number of rotatable bonds is 29. The molecule has 0 aliphatic carbocycles. The topological polar surface area (TPSA) is 288 Å². The number of alkyl carbamates (subject to hydrolysis) is 1. The van der Waals surface area contributed by atoms with Crippen molar-refractivity contribution in [3.05, 3.63) is 87.0 Å². The van der Waals surface area contributed by atoms with E-state index in [1.54, 1.807) is 75.8 Å². The van der Waals surface area contributed by atoms with E-state index in [0.717, 1.165) is 18.2 Å². The highest BCUT2D eigenvalue weighted by atomic mass is 32.2. The Morgan fingerprint density at radius 3 is 2.07 bits per heavy atom. The first kappa shape index (κ1) is 59.7. The highest BCUT2D eigenvalue weighted by Crippen LogP contribution is 2.22. The second kappa shape index (κ2) is 28.6. The van der Waals surface area contributed by atoms with Gasteiger partial charge in [-0.3, -0.25) is 28.8 Å². The molecule has 0 fully saturated rings. The van der Waals surface area contributed by atoms with Crippen molar-refractivity contribution >= 4 is 62.6 Å². The number of imidazole rings is 1. The molecule has 0 aliphatic rings. The van der Waals surface area contributed by atoms with Crippen molar-refractivity contribution in [3.63, 3.8) is 0 Å². The Hall–Kier alpha value is -6.85. The molecule has 2 atom stereocenters. The number of hydrogen-bond donors (Lipinski definition) is 7. The number of esters is 1. The van der Waals surface area contributed by atoms with E-state index in [0.29, 0.717) is 87.5 Å². The Labute approximate surface area is 432 Å². The number of methoxy groups -OCH3 is 1. The van der Waals surface area contributed by atoms with Crippen molar-refractivity contribution in [3.8, 4) is 0 Å². The van der Waals surface area contributed by atoms with E-state index in [2.05, 4.69) is 41.6 Å². The van der Waals surface area contributed by atoms with Crippen LogP contribution < -0.4 is 42.1 Å². The van der Waals surface area contributed by atoms with Crippen LogP contribution in [0.3, 0.4) is 0 Å². The summed E-state index contributed by atoms with van der Waals surface area (Å²) in [6, 6.07) is 6.35. The molecule has 2 aromatic carbocycles. The van der Waals surface area contributed by atoms with Crippen LogP contribution in [-0.4, -0.2) is 122 Å².